The number of hydrogen-bond acceptors (Lipinski definition) is 4. The monoisotopic (exact) mass is 582 g/mol. The molecule has 3 aromatic rings. The largest absolute Gasteiger partial charge is 0.309 e. The summed E-state index contributed by atoms with van der Waals surface area (Å²) in [6.07, 6.45) is 4.11. The van der Waals surface area contributed by atoms with Crippen molar-refractivity contribution in [3.8, 4) is 5.69 Å². The van der Waals surface area contributed by atoms with Crippen molar-refractivity contribution < 1.29 is 9.59 Å². The number of halogens is 1. The maximum atomic E-state index is 14.3. The van der Waals surface area contributed by atoms with E-state index in [4.69, 9.17) is 0 Å². The van der Waals surface area contributed by atoms with E-state index in [1.807, 2.05) is 67.3 Å². The second kappa shape index (κ2) is 10.2. The van der Waals surface area contributed by atoms with Crippen LogP contribution in [0.15, 0.2) is 53.3 Å². The first kappa shape index (κ1) is 25.9. The van der Waals surface area contributed by atoms with Gasteiger partial charge in [0.1, 0.15) is 5.69 Å². The Morgan fingerprint density at radius 3 is 2.43 bits per heavy atom. The van der Waals surface area contributed by atoms with Gasteiger partial charge in [-0.1, -0.05) is 64.7 Å². The number of thioether (sulfide) groups is 1. The molecule has 1 spiro atoms. The molecule has 0 bridgehead atoms. The third-order valence-corrected chi connectivity index (χ3v) is 9.27. The van der Waals surface area contributed by atoms with E-state index in [0.717, 1.165) is 47.8 Å². The van der Waals surface area contributed by atoms with E-state index in [9.17, 15) is 14.4 Å². The minimum Gasteiger partial charge on any atom is -0.309 e. The summed E-state index contributed by atoms with van der Waals surface area (Å²) >= 11 is 4.80. The van der Waals surface area contributed by atoms with Gasteiger partial charge in [-0.15, -0.1) is 11.8 Å². The number of aromatic nitrogens is 2. The van der Waals surface area contributed by atoms with Crippen molar-refractivity contribution in [3.63, 3.8) is 0 Å². The lowest BCUT2D eigenvalue weighted by Crippen LogP contribution is -2.51. The fourth-order valence-electron chi connectivity index (χ4n) is 5.42. The number of aryl methyl sites for hydroxylation is 1. The number of carbonyl (C=O) groups is 2. The summed E-state index contributed by atoms with van der Waals surface area (Å²) in [5.41, 5.74) is 3.94. The van der Waals surface area contributed by atoms with Crippen molar-refractivity contribution in [2.24, 2.45) is 7.05 Å². The topological polar surface area (TPSA) is 67.5 Å². The van der Waals surface area contributed by atoms with Gasteiger partial charge in [-0.05, 0) is 44.9 Å². The molecule has 0 radical (unpaired) electrons. The summed E-state index contributed by atoms with van der Waals surface area (Å²) < 4.78 is 3.32. The average Bonchev–Trinajstić information content (AvgIpc) is 3.43. The van der Waals surface area contributed by atoms with Crippen molar-refractivity contribution in [1.82, 2.24) is 9.36 Å². The second-order valence-corrected chi connectivity index (χ2v) is 11.6. The van der Waals surface area contributed by atoms with E-state index in [2.05, 4.69) is 15.9 Å². The molecule has 1 fully saturated rings. The predicted octanol–water partition coefficient (Wildman–Crippen LogP) is 5.03. The van der Waals surface area contributed by atoms with Crippen LogP contribution in [0.1, 0.15) is 42.5 Å². The smallest absolute Gasteiger partial charge is 0.295 e. The fourth-order valence-corrected chi connectivity index (χ4v) is 7.16. The third kappa shape index (κ3) is 4.07. The number of rotatable bonds is 8. The lowest BCUT2D eigenvalue weighted by molar-refractivity contribution is -0.123. The van der Waals surface area contributed by atoms with Crippen molar-refractivity contribution in [3.05, 3.63) is 75.7 Å². The Balaban J connectivity index is 1.63. The zero-order chi connectivity index (χ0) is 26.3. The first-order valence-corrected chi connectivity index (χ1v) is 14.7. The number of anilines is 2. The van der Waals surface area contributed by atoms with Crippen molar-refractivity contribution in [2.75, 3.05) is 27.4 Å². The van der Waals surface area contributed by atoms with Crippen LogP contribution in [0.25, 0.3) is 5.69 Å². The molecule has 0 N–H and O–H groups in total. The Bertz CT molecular complexity index is 1420. The summed E-state index contributed by atoms with van der Waals surface area (Å²) in [5, 5.41) is 0.978. The van der Waals surface area contributed by atoms with Gasteiger partial charge in [-0.25, -0.2) is 4.68 Å². The molecule has 1 saturated heterocycles. The highest BCUT2D eigenvalue weighted by atomic mass is 79.9. The Morgan fingerprint density at radius 2 is 1.70 bits per heavy atom. The van der Waals surface area contributed by atoms with Crippen LogP contribution in [-0.2, 0) is 21.5 Å². The summed E-state index contributed by atoms with van der Waals surface area (Å²) in [4.78, 5) is 43.8. The van der Waals surface area contributed by atoms with Gasteiger partial charge in [-0.2, -0.15) is 0 Å². The Kier molecular flexibility index (Phi) is 7.11. The number of nitrogens with zero attached hydrogens (tertiary/aromatic N) is 4. The summed E-state index contributed by atoms with van der Waals surface area (Å²) in [5.74, 6) is -0.230. The number of alkyl halides is 1. The quantitative estimate of drug-likeness (QED) is 0.276. The van der Waals surface area contributed by atoms with Crippen LogP contribution in [0, 0.1) is 13.8 Å². The Hall–Kier alpha value is -2.78. The second-order valence-electron chi connectivity index (χ2n) is 9.65. The van der Waals surface area contributed by atoms with Gasteiger partial charge >= 0.3 is 0 Å². The molecule has 9 heteroatoms. The maximum absolute atomic E-state index is 14.3. The van der Waals surface area contributed by atoms with Crippen LogP contribution in [0.3, 0.4) is 0 Å². The lowest BCUT2D eigenvalue weighted by atomic mass is 10.0. The Morgan fingerprint density at radius 1 is 0.973 bits per heavy atom. The van der Waals surface area contributed by atoms with Gasteiger partial charge in [0.05, 0.1) is 22.8 Å². The van der Waals surface area contributed by atoms with E-state index in [-0.39, 0.29) is 28.8 Å². The highest BCUT2D eigenvalue weighted by Crippen LogP contribution is 2.56. The molecule has 0 saturated carbocycles. The molecule has 1 unspecified atom stereocenters. The zero-order valence-corrected chi connectivity index (χ0v) is 23.8. The van der Waals surface area contributed by atoms with E-state index in [1.54, 1.807) is 16.4 Å². The minimum atomic E-state index is -1.28. The highest BCUT2D eigenvalue weighted by Gasteiger charge is 2.62. The minimum absolute atomic E-state index is 0.136. The summed E-state index contributed by atoms with van der Waals surface area (Å²) in [6.45, 7) is 4.41. The molecular weight excluding hydrogens is 552 g/mol. The number of carbonyl (C=O) groups excluding carboxylic acids is 2. The van der Waals surface area contributed by atoms with E-state index < -0.39 is 4.87 Å². The normalized spacial score (nSPS) is 18.9. The molecule has 2 amide bonds. The lowest BCUT2D eigenvalue weighted by Gasteiger charge is -2.32. The van der Waals surface area contributed by atoms with E-state index in [0.29, 0.717) is 17.9 Å². The van der Waals surface area contributed by atoms with Crippen LogP contribution in [0.5, 0.6) is 0 Å². The first-order valence-electron chi connectivity index (χ1n) is 12.6. The first-order chi connectivity index (χ1) is 17.8. The van der Waals surface area contributed by atoms with Crippen molar-refractivity contribution in [1.29, 1.82) is 0 Å². The number of unbranched alkanes of at least 4 members (excludes halogenated alkanes) is 3. The molecule has 37 heavy (non-hydrogen) atoms. The average molecular weight is 584 g/mol. The molecule has 2 aliphatic heterocycles. The number of amides is 2. The molecule has 5 rings (SSSR count). The van der Waals surface area contributed by atoms with Gasteiger partial charge in [0.25, 0.3) is 11.5 Å². The van der Waals surface area contributed by atoms with Gasteiger partial charge in [-0.3, -0.25) is 24.0 Å². The number of benzene rings is 2. The van der Waals surface area contributed by atoms with Crippen molar-refractivity contribution >= 4 is 50.9 Å². The van der Waals surface area contributed by atoms with Gasteiger partial charge in [0, 0.05) is 24.5 Å². The SMILES string of the molecule is Cc1ccc2c(c1)C1(SCC(=O)N1c1c(C)n(C)n(-c3ccccc3)c1=O)C(=O)N2CCCCCCBr. The molecule has 7 nitrogen and oxygen atoms in total. The zero-order valence-electron chi connectivity index (χ0n) is 21.4. The van der Waals surface area contributed by atoms with Crippen LogP contribution < -0.4 is 15.4 Å². The van der Waals surface area contributed by atoms with Crippen LogP contribution >= 0.6 is 27.7 Å². The van der Waals surface area contributed by atoms with Crippen LogP contribution in [-0.4, -0.2) is 38.8 Å². The van der Waals surface area contributed by atoms with Gasteiger partial charge in [0.2, 0.25) is 10.8 Å². The highest BCUT2D eigenvalue weighted by molar-refractivity contribution is 9.09. The van der Waals surface area contributed by atoms with Crippen molar-refractivity contribution in [2.45, 2.75) is 44.4 Å². The number of para-hydroxylation sites is 1. The molecule has 3 heterocycles. The summed E-state index contributed by atoms with van der Waals surface area (Å²) in [6, 6.07) is 15.4. The molecule has 0 aliphatic carbocycles. The molecular formula is C28H31BrN4O3S. The van der Waals surface area contributed by atoms with Gasteiger partial charge < -0.3 is 4.90 Å². The standard InChI is InChI=1S/C28H31BrN4O3S/c1-19-13-14-23-22(17-19)28(27(36)31(23)16-10-5-4-9-15-29)32(24(34)18-37-28)25-20(2)30(3)33(26(25)35)21-11-7-6-8-12-21/h6-8,11-14,17H,4-5,9-10,15-16,18H2,1-3H3. The number of hydrogen-bond donors (Lipinski definition) is 0. The van der Waals surface area contributed by atoms with E-state index >= 15 is 0 Å². The van der Waals surface area contributed by atoms with E-state index in [1.165, 1.54) is 16.7 Å². The van der Waals surface area contributed by atoms with Gasteiger partial charge in [0.15, 0.2) is 0 Å². The van der Waals surface area contributed by atoms with Crippen LogP contribution in [0.4, 0.5) is 11.4 Å². The molecule has 194 valence electrons. The Labute approximate surface area is 229 Å². The molecule has 2 aliphatic rings. The fraction of sp³-hybridized carbons (Fsp3) is 0.393. The van der Waals surface area contributed by atoms with Crippen LogP contribution in [0.2, 0.25) is 0 Å². The summed E-state index contributed by atoms with van der Waals surface area (Å²) in [7, 11) is 1.81. The maximum Gasteiger partial charge on any atom is 0.295 e. The molecule has 2 aromatic carbocycles. The third-order valence-electron chi connectivity index (χ3n) is 7.32. The number of fused-ring (bicyclic) bond motifs is 2. The molecule has 1 aromatic heterocycles. The predicted molar refractivity (Wildman–Crippen MR) is 153 cm³/mol. The molecule has 1 atom stereocenters.